The number of nitrogens with one attached hydrogen (secondary N) is 1. The Balaban J connectivity index is 1.37. The van der Waals surface area contributed by atoms with E-state index >= 15 is 0 Å². The first-order chi connectivity index (χ1) is 14.7. The van der Waals surface area contributed by atoms with E-state index in [-0.39, 0.29) is 5.91 Å². The van der Waals surface area contributed by atoms with Gasteiger partial charge < -0.3 is 15.0 Å². The lowest BCUT2D eigenvalue weighted by Crippen LogP contribution is -2.29. The third-order valence-electron chi connectivity index (χ3n) is 4.53. The molecule has 0 atom stereocenters. The molecule has 0 radical (unpaired) electrons. The Hall–Kier alpha value is -2.84. The van der Waals surface area contributed by atoms with Crippen molar-refractivity contribution in [2.24, 2.45) is 0 Å². The fourth-order valence-corrected chi connectivity index (χ4v) is 3.73. The van der Waals surface area contributed by atoms with Gasteiger partial charge in [0.05, 0.1) is 12.9 Å². The monoisotopic (exact) mass is 425 g/mol. The molecule has 3 rings (SSSR count). The number of hydrogen-bond donors (Lipinski definition) is 1. The van der Waals surface area contributed by atoms with E-state index in [4.69, 9.17) is 4.74 Å². The summed E-state index contributed by atoms with van der Waals surface area (Å²) in [5.41, 5.74) is 2.21. The van der Waals surface area contributed by atoms with E-state index in [9.17, 15) is 4.79 Å². The van der Waals surface area contributed by atoms with Crippen LogP contribution in [-0.2, 0) is 11.3 Å². The standard InChI is InChI=1S/C22H27N5O2S/c1-26(15-18-7-4-3-5-8-18)14-6-13-23-21(28)16-30-22-25-24-17-27(22)19-9-11-20(29-2)12-10-19/h3-5,7-12,17H,6,13-16H2,1-2H3,(H,23,28). The predicted molar refractivity (Wildman–Crippen MR) is 119 cm³/mol. The van der Waals surface area contributed by atoms with E-state index in [1.165, 1.54) is 17.3 Å². The second kappa shape index (κ2) is 11.4. The molecule has 0 aliphatic carbocycles. The summed E-state index contributed by atoms with van der Waals surface area (Å²) in [6, 6.07) is 18.0. The molecule has 0 unspecified atom stereocenters. The van der Waals surface area contributed by atoms with Crippen molar-refractivity contribution >= 4 is 17.7 Å². The molecule has 0 fully saturated rings. The predicted octanol–water partition coefficient (Wildman–Crippen LogP) is 3.01. The van der Waals surface area contributed by atoms with Crippen molar-refractivity contribution in [2.45, 2.75) is 18.1 Å². The van der Waals surface area contributed by atoms with Gasteiger partial charge in [-0.2, -0.15) is 0 Å². The van der Waals surface area contributed by atoms with Gasteiger partial charge in [0.15, 0.2) is 5.16 Å². The molecule has 0 aliphatic rings. The van der Waals surface area contributed by atoms with Gasteiger partial charge in [-0.1, -0.05) is 42.1 Å². The number of amides is 1. The van der Waals surface area contributed by atoms with Crippen LogP contribution in [0.5, 0.6) is 5.75 Å². The molecular weight excluding hydrogens is 398 g/mol. The largest absolute Gasteiger partial charge is 0.497 e. The number of thioether (sulfide) groups is 1. The minimum absolute atomic E-state index is 0.00464. The molecule has 7 nitrogen and oxygen atoms in total. The maximum atomic E-state index is 12.2. The number of carbonyl (C=O) groups excluding carboxylic acids is 1. The third-order valence-corrected chi connectivity index (χ3v) is 5.48. The van der Waals surface area contributed by atoms with Gasteiger partial charge in [0.2, 0.25) is 5.91 Å². The highest BCUT2D eigenvalue weighted by Gasteiger charge is 2.10. The molecule has 1 heterocycles. The second-order valence-electron chi connectivity index (χ2n) is 6.90. The van der Waals surface area contributed by atoms with Crippen molar-refractivity contribution < 1.29 is 9.53 Å². The number of aromatic nitrogens is 3. The van der Waals surface area contributed by atoms with Crippen molar-refractivity contribution in [1.29, 1.82) is 0 Å². The summed E-state index contributed by atoms with van der Waals surface area (Å²) >= 11 is 1.37. The maximum absolute atomic E-state index is 12.2. The van der Waals surface area contributed by atoms with Gasteiger partial charge in [0.1, 0.15) is 12.1 Å². The number of carbonyl (C=O) groups is 1. The lowest BCUT2D eigenvalue weighted by molar-refractivity contribution is -0.118. The molecule has 158 valence electrons. The Morgan fingerprint density at radius 1 is 1.17 bits per heavy atom. The molecule has 2 aromatic carbocycles. The fraction of sp³-hybridized carbons (Fsp3) is 0.318. The van der Waals surface area contributed by atoms with E-state index in [1.54, 1.807) is 13.4 Å². The minimum atomic E-state index is -0.00464. The summed E-state index contributed by atoms with van der Waals surface area (Å²) in [7, 11) is 3.73. The highest BCUT2D eigenvalue weighted by molar-refractivity contribution is 7.99. The molecule has 1 N–H and O–H groups in total. The zero-order chi connectivity index (χ0) is 21.2. The van der Waals surface area contributed by atoms with Crippen molar-refractivity contribution in [3.8, 4) is 11.4 Å². The van der Waals surface area contributed by atoms with Gasteiger partial charge >= 0.3 is 0 Å². The zero-order valence-electron chi connectivity index (χ0n) is 17.3. The number of hydrogen-bond acceptors (Lipinski definition) is 6. The first-order valence-corrected chi connectivity index (χ1v) is 10.8. The van der Waals surface area contributed by atoms with E-state index in [0.717, 1.165) is 30.9 Å². The van der Waals surface area contributed by atoms with Crippen molar-refractivity contribution in [3.63, 3.8) is 0 Å². The molecule has 8 heteroatoms. The van der Waals surface area contributed by atoms with Gasteiger partial charge in [0.25, 0.3) is 0 Å². The zero-order valence-corrected chi connectivity index (χ0v) is 18.1. The van der Waals surface area contributed by atoms with E-state index in [1.807, 2.05) is 34.9 Å². The summed E-state index contributed by atoms with van der Waals surface area (Å²) in [6.45, 7) is 2.49. The molecule has 30 heavy (non-hydrogen) atoms. The van der Waals surface area contributed by atoms with Crippen LogP contribution in [0.25, 0.3) is 5.69 Å². The van der Waals surface area contributed by atoms with E-state index in [2.05, 4.69) is 51.7 Å². The first-order valence-electron chi connectivity index (χ1n) is 9.82. The Morgan fingerprint density at radius 3 is 2.67 bits per heavy atom. The number of benzene rings is 2. The Morgan fingerprint density at radius 2 is 1.93 bits per heavy atom. The lowest BCUT2D eigenvalue weighted by atomic mass is 10.2. The summed E-state index contributed by atoms with van der Waals surface area (Å²) in [5.74, 6) is 1.08. The Labute approximate surface area is 181 Å². The highest BCUT2D eigenvalue weighted by Crippen LogP contribution is 2.21. The number of ether oxygens (including phenoxy) is 1. The topological polar surface area (TPSA) is 72.3 Å². The normalized spacial score (nSPS) is 10.9. The van der Waals surface area contributed by atoms with Crippen LogP contribution in [-0.4, -0.2) is 58.6 Å². The van der Waals surface area contributed by atoms with Crippen LogP contribution >= 0.6 is 11.8 Å². The van der Waals surface area contributed by atoms with Crippen LogP contribution in [0, 0.1) is 0 Å². The van der Waals surface area contributed by atoms with Crippen LogP contribution < -0.4 is 10.1 Å². The highest BCUT2D eigenvalue weighted by atomic mass is 32.2. The second-order valence-corrected chi connectivity index (χ2v) is 7.84. The lowest BCUT2D eigenvalue weighted by Gasteiger charge is -2.16. The van der Waals surface area contributed by atoms with Crippen molar-refractivity contribution in [2.75, 3.05) is 33.0 Å². The van der Waals surface area contributed by atoms with Crippen molar-refractivity contribution in [1.82, 2.24) is 25.0 Å². The van der Waals surface area contributed by atoms with Gasteiger partial charge in [-0.25, -0.2) is 0 Å². The van der Waals surface area contributed by atoms with E-state index in [0.29, 0.717) is 17.5 Å². The summed E-state index contributed by atoms with van der Waals surface area (Å²) in [5, 5.41) is 11.8. The average molecular weight is 426 g/mol. The molecular formula is C22H27N5O2S. The Kier molecular flexibility index (Phi) is 8.29. The SMILES string of the molecule is COc1ccc(-n2cnnc2SCC(=O)NCCCN(C)Cc2ccccc2)cc1. The van der Waals surface area contributed by atoms with Gasteiger partial charge in [-0.3, -0.25) is 9.36 Å². The minimum Gasteiger partial charge on any atom is -0.497 e. The summed E-state index contributed by atoms with van der Waals surface area (Å²) in [4.78, 5) is 14.4. The van der Waals surface area contributed by atoms with Crippen LogP contribution in [0.4, 0.5) is 0 Å². The molecule has 1 aromatic heterocycles. The first kappa shape index (κ1) is 21.9. The molecule has 0 spiro atoms. The quantitative estimate of drug-likeness (QED) is 0.376. The van der Waals surface area contributed by atoms with Crippen LogP contribution in [0.2, 0.25) is 0 Å². The molecule has 1 amide bonds. The smallest absolute Gasteiger partial charge is 0.230 e. The number of nitrogens with zero attached hydrogens (tertiary/aromatic N) is 4. The molecule has 0 saturated heterocycles. The fourth-order valence-electron chi connectivity index (χ4n) is 2.97. The van der Waals surface area contributed by atoms with Crippen LogP contribution in [0.1, 0.15) is 12.0 Å². The number of rotatable bonds is 11. The molecule has 3 aromatic rings. The molecule has 0 bridgehead atoms. The maximum Gasteiger partial charge on any atom is 0.230 e. The Bertz CT molecular complexity index is 915. The molecule has 0 saturated carbocycles. The van der Waals surface area contributed by atoms with E-state index < -0.39 is 0 Å². The third kappa shape index (κ3) is 6.60. The van der Waals surface area contributed by atoms with Gasteiger partial charge in [0, 0.05) is 18.8 Å². The van der Waals surface area contributed by atoms with Crippen LogP contribution in [0.3, 0.4) is 0 Å². The average Bonchev–Trinajstić information content (AvgIpc) is 3.25. The van der Waals surface area contributed by atoms with Crippen LogP contribution in [0.15, 0.2) is 66.1 Å². The number of methoxy groups -OCH3 is 1. The van der Waals surface area contributed by atoms with Crippen molar-refractivity contribution in [3.05, 3.63) is 66.5 Å². The summed E-state index contributed by atoms with van der Waals surface area (Å²) in [6.07, 6.45) is 2.55. The van der Waals surface area contributed by atoms with Gasteiger partial charge in [-0.15, -0.1) is 10.2 Å². The molecule has 0 aliphatic heterocycles. The van der Waals surface area contributed by atoms with Gasteiger partial charge in [-0.05, 0) is 49.8 Å². The summed E-state index contributed by atoms with van der Waals surface area (Å²) < 4.78 is 7.04.